The summed E-state index contributed by atoms with van der Waals surface area (Å²) < 4.78 is 19.7. The summed E-state index contributed by atoms with van der Waals surface area (Å²) in [4.78, 5) is 43.6. The molecule has 2 aromatic rings. The van der Waals surface area contributed by atoms with Crippen molar-refractivity contribution in [3.8, 4) is 5.75 Å². The molecular weight excluding hydrogens is 473 g/mol. The van der Waals surface area contributed by atoms with Crippen LogP contribution in [0.25, 0.3) is 0 Å². The summed E-state index contributed by atoms with van der Waals surface area (Å²) in [6.07, 6.45) is 4.09. The SMILES string of the molecule is CN(CCC[C@H]1C(=O)N(C)CCCCc2ccccc2OCC(=O)N1C)C(=O)CCc1ccccc1F. The molecule has 1 aliphatic heterocycles. The molecule has 0 saturated heterocycles. The van der Waals surface area contributed by atoms with Crippen molar-refractivity contribution in [1.29, 1.82) is 0 Å². The molecular formula is C29H38FN3O4. The Kier molecular flexibility index (Phi) is 10.5. The molecule has 7 nitrogen and oxygen atoms in total. The summed E-state index contributed by atoms with van der Waals surface area (Å²) in [7, 11) is 5.12. The number of likely N-dealkylation sites (N-methyl/N-ethyl adjacent to an activating group) is 2. The largest absolute Gasteiger partial charge is 0.483 e. The van der Waals surface area contributed by atoms with E-state index in [1.807, 2.05) is 24.3 Å². The molecule has 0 N–H and O–H groups in total. The first-order valence-corrected chi connectivity index (χ1v) is 13.0. The zero-order valence-electron chi connectivity index (χ0n) is 22.1. The molecule has 0 aliphatic carbocycles. The van der Waals surface area contributed by atoms with E-state index in [2.05, 4.69) is 0 Å². The summed E-state index contributed by atoms with van der Waals surface area (Å²) in [5, 5.41) is 0. The Balaban J connectivity index is 1.59. The Morgan fingerprint density at radius 1 is 1.08 bits per heavy atom. The standard InChI is InChI=1S/C29H38FN3O4/c1-31(27(34)18-17-22-11-4-6-14-24(22)30)20-10-15-25-29(36)32(2)19-9-8-13-23-12-5-7-16-26(23)37-21-28(35)33(25)3/h4-7,11-12,14,16,25H,8-10,13,15,17-21H2,1-3H3/t25-/m0/s1. The molecule has 0 saturated carbocycles. The van der Waals surface area contributed by atoms with Gasteiger partial charge in [0.05, 0.1) is 0 Å². The van der Waals surface area contributed by atoms with E-state index in [1.54, 1.807) is 49.1 Å². The lowest BCUT2D eigenvalue weighted by atomic mass is 10.1. The Morgan fingerprint density at radius 3 is 2.59 bits per heavy atom. The van der Waals surface area contributed by atoms with E-state index >= 15 is 0 Å². The maximum atomic E-state index is 13.8. The van der Waals surface area contributed by atoms with Crippen LogP contribution in [0.4, 0.5) is 4.39 Å². The molecule has 2 aromatic carbocycles. The predicted molar refractivity (Wildman–Crippen MR) is 141 cm³/mol. The molecule has 0 spiro atoms. The number of nitrogens with zero attached hydrogens (tertiary/aromatic N) is 3. The van der Waals surface area contributed by atoms with Crippen LogP contribution in [0.5, 0.6) is 5.75 Å². The van der Waals surface area contributed by atoms with Crippen LogP contribution in [0, 0.1) is 5.82 Å². The number of para-hydroxylation sites is 1. The third-order valence-corrected chi connectivity index (χ3v) is 7.00. The average Bonchev–Trinajstić information content (AvgIpc) is 2.91. The Labute approximate surface area is 219 Å². The molecule has 1 heterocycles. The molecule has 0 unspecified atom stereocenters. The summed E-state index contributed by atoms with van der Waals surface area (Å²) in [5.74, 6) is -0.0661. The van der Waals surface area contributed by atoms with Gasteiger partial charge in [0.15, 0.2) is 6.61 Å². The Bertz CT molecular complexity index is 1080. The molecule has 0 radical (unpaired) electrons. The van der Waals surface area contributed by atoms with Gasteiger partial charge in [-0.2, -0.15) is 0 Å². The topological polar surface area (TPSA) is 70.2 Å². The first-order valence-electron chi connectivity index (χ1n) is 13.0. The zero-order valence-corrected chi connectivity index (χ0v) is 22.1. The minimum absolute atomic E-state index is 0.0851. The number of benzene rings is 2. The second-order valence-electron chi connectivity index (χ2n) is 9.68. The number of amides is 3. The first-order chi connectivity index (χ1) is 17.8. The fourth-order valence-electron chi connectivity index (χ4n) is 4.56. The number of ether oxygens (including phenoxy) is 1. The maximum absolute atomic E-state index is 13.8. The highest BCUT2D eigenvalue weighted by molar-refractivity contribution is 5.88. The van der Waals surface area contributed by atoms with Crippen molar-refractivity contribution in [1.82, 2.24) is 14.7 Å². The second kappa shape index (κ2) is 13.8. The van der Waals surface area contributed by atoms with E-state index in [-0.39, 0.29) is 36.6 Å². The van der Waals surface area contributed by atoms with Crippen molar-refractivity contribution in [3.63, 3.8) is 0 Å². The van der Waals surface area contributed by atoms with E-state index in [4.69, 9.17) is 4.74 Å². The molecule has 200 valence electrons. The fraction of sp³-hybridized carbons (Fsp3) is 0.483. The van der Waals surface area contributed by atoms with Crippen molar-refractivity contribution in [2.75, 3.05) is 40.8 Å². The lowest BCUT2D eigenvalue weighted by molar-refractivity contribution is -0.145. The van der Waals surface area contributed by atoms with Crippen molar-refractivity contribution < 1.29 is 23.5 Å². The van der Waals surface area contributed by atoms with Crippen LogP contribution >= 0.6 is 0 Å². The zero-order chi connectivity index (χ0) is 26.8. The lowest BCUT2D eigenvalue weighted by Crippen LogP contribution is -2.50. The molecule has 3 amide bonds. The van der Waals surface area contributed by atoms with Crippen molar-refractivity contribution >= 4 is 17.7 Å². The average molecular weight is 512 g/mol. The molecule has 0 fully saturated rings. The number of carbonyl (C=O) groups excluding carboxylic acids is 3. The molecule has 0 aromatic heterocycles. The first kappa shape index (κ1) is 28.2. The summed E-state index contributed by atoms with van der Waals surface area (Å²) in [6.45, 7) is 0.903. The van der Waals surface area contributed by atoms with Crippen LogP contribution in [-0.2, 0) is 27.2 Å². The highest BCUT2D eigenvalue weighted by atomic mass is 19.1. The number of hydrogen-bond acceptors (Lipinski definition) is 4. The molecule has 37 heavy (non-hydrogen) atoms. The monoisotopic (exact) mass is 511 g/mol. The Morgan fingerprint density at radius 2 is 1.81 bits per heavy atom. The van der Waals surface area contributed by atoms with Gasteiger partial charge in [-0.05, 0) is 61.8 Å². The van der Waals surface area contributed by atoms with Crippen LogP contribution in [0.1, 0.15) is 43.2 Å². The van der Waals surface area contributed by atoms with E-state index in [0.29, 0.717) is 43.7 Å². The third-order valence-electron chi connectivity index (χ3n) is 7.00. The molecule has 0 bridgehead atoms. The van der Waals surface area contributed by atoms with Crippen LogP contribution < -0.4 is 4.74 Å². The smallest absolute Gasteiger partial charge is 0.260 e. The normalized spacial score (nSPS) is 17.2. The van der Waals surface area contributed by atoms with Gasteiger partial charge in [0.1, 0.15) is 17.6 Å². The van der Waals surface area contributed by atoms with Gasteiger partial charge in [0.25, 0.3) is 5.91 Å². The Hall–Kier alpha value is -3.42. The predicted octanol–water partition coefficient (Wildman–Crippen LogP) is 3.70. The van der Waals surface area contributed by atoms with Gasteiger partial charge in [-0.15, -0.1) is 0 Å². The highest BCUT2D eigenvalue weighted by Crippen LogP contribution is 2.21. The third kappa shape index (κ3) is 8.03. The van der Waals surface area contributed by atoms with Crippen LogP contribution in [0.15, 0.2) is 48.5 Å². The number of halogens is 1. The van der Waals surface area contributed by atoms with Crippen molar-refractivity contribution in [2.24, 2.45) is 0 Å². The number of aryl methyl sites for hydroxylation is 2. The van der Waals surface area contributed by atoms with E-state index in [1.165, 1.54) is 11.0 Å². The number of fused-ring (bicyclic) bond motifs is 1. The number of rotatable bonds is 7. The molecule has 1 aliphatic rings. The van der Waals surface area contributed by atoms with Gasteiger partial charge >= 0.3 is 0 Å². The van der Waals surface area contributed by atoms with Gasteiger partial charge in [-0.3, -0.25) is 14.4 Å². The lowest BCUT2D eigenvalue weighted by Gasteiger charge is -2.31. The van der Waals surface area contributed by atoms with Crippen LogP contribution in [0.3, 0.4) is 0 Å². The number of hydrogen-bond donors (Lipinski definition) is 0. The van der Waals surface area contributed by atoms with E-state index in [9.17, 15) is 18.8 Å². The quantitative estimate of drug-likeness (QED) is 0.569. The van der Waals surface area contributed by atoms with Gasteiger partial charge < -0.3 is 19.4 Å². The summed E-state index contributed by atoms with van der Waals surface area (Å²) in [6, 6.07) is 13.6. The van der Waals surface area contributed by atoms with Crippen LogP contribution in [0.2, 0.25) is 0 Å². The maximum Gasteiger partial charge on any atom is 0.260 e. The van der Waals surface area contributed by atoms with Crippen molar-refractivity contribution in [3.05, 3.63) is 65.5 Å². The van der Waals surface area contributed by atoms with Crippen LogP contribution in [-0.4, -0.2) is 79.3 Å². The van der Waals surface area contributed by atoms with E-state index < -0.39 is 6.04 Å². The molecule has 1 atom stereocenters. The highest BCUT2D eigenvalue weighted by Gasteiger charge is 2.29. The van der Waals surface area contributed by atoms with E-state index in [0.717, 1.165) is 24.8 Å². The minimum atomic E-state index is -0.640. The molecule has 3 rings (SSSR count). The van der Waals surface area contributed by atoms with Gasteiger partial charge in [0.2, 0.25) is 11.8 Å². The molecule has 8 heteroatoms. The minimum Gasteiger partial charge on any atom is -0.483 e. The summed E-state index contributed by atoms with van der Waals surface area (Å²) in [5.41, 5.74) is 1.58. The van der Waals surface area contributed by atoms with Gasteiger partial charge in [-0.1, -0.05) is 36.4 Å². The second-order valence-corrected chi connectivity index (χ2v) is 9.68. The van der Waals surface area contributed by atoms with Gasteiger partial charge in [0, 0.05) is 40.7 Å². The fourth-order valence-corrected chi connectivity index (χ4v) is 4.56. The van der Waals surface area contributed by atoms with Crippen molar-refractivity contribution in [2.45, 2.75) is 51.0 Å². The number of carbonyl (C=O) groups is 3. The summed E-state index contributed by atoms with van der Waals surface area (Å²) >= 11 is 0. The van der Waals surface area contributed by atoms with Gasteiger partial charge in [-0.25, -0.2) is 4.39 Å².